The van der Waals surface area contributed by atoms with E-state index in [1.807, 2.05) is 10.9 Å². The molecule has 4 aliphatic rings. The molecule has 0 N–H and O–H groups in total. The first kappa shape index (κ1) is 38.2. The number of aromatic nitrogens is 8. The molecular formula is C38H34F2N8O8S2. The van der Waals surface area contributed by atoms with Gasteiger partial charge >= 0.3 is 0 Å². The van der Waals surface area contributed by atoms with Crippen LogP contribution in [0, 0.1) is 11.6 Å². The van der Waals surface area contributed by atoms with Gasteiger partial charge in [0, 0.05) is 18.6 Å². The van der Waals surface area contributed by atoms with Gasteiger partial charge in [-0.3, -0.25) is 19.0 Å². The number of ether oxygens (including phenoxy) is 4. The largest absolute Gasteiger partial charge is 0.344 e. The van der Waals surface area contributed by atoms with Crippen LogP contribution < -0.4 is 11.1 Å². The van der Waals surface area contributed by atoms with Crippen LogP contribution in [0.15, 0.2) is 93.0 Å². The number of rotatable bonds is 6. The standard InChI is InChI=1S/C19H17FN4O5S.C19H17FN4O3S/c1-30(26,27)18-21-7-6-14(22-18)16-15(12-2-4-13(20)5-3-12)17(25)24-11-19(10-23(16)24)28-8-9-29-19;1-28-18-21-7-6-14(22-18)16-15(12-2-4-13(20)5-3-12)17(25)24-11-19(10-23(16)24)26-8-9-27-19/h2-7H,8-11H2,1H3;2-7H,8-11H2,1H3. The molecule has 20 heteroatoms. The predicted molar refractivity (Wildman–Crippen MR) is 204 cm³/mol. The third-order valence-electron chi connectivity index (χ3n) is 10.2. The molecule has 10 rings (SSSR count). The highest BCUT2D eigenvalue weighted by molar-refractivity contribution is 7.98. The van der Waals surface area contributed by atoms with E-state index in [0.29, 0.717) is 84.0 Å². The third kappa shape index (κ3) is 6.68. The molecule has 6 aromatic rings. The van der Waals surface area contributed by atoms with E-state index in [4.69, 9.17) is 18.9 Å². The Balaban J connectivity index is 0.000000151. The van der Waals surface area contributed by atoms with Crippen LogP contribution in [0.1, 0.15) is 0 Å². The average molecular weight is 833 g/mol. The topological polar surface area (TPSA) is 176 Å². The van der Waals surface area contributed by atoms with Crippen molar-refractivity contribution < 1.29 is 36.1 Å². The molecular weight excluding hydrogens is 799 g/mol. The first-order valence-electron chi connectivity index (χ1n) is 18.0. The van der Waals surface area contributed by atoms with Crippen LogP contribution in [0.25, 0.3) is 45.0 Å². The number of halogens is 2. The SMILES string of the molecule is CS(=O)(=O)c1nccc(-c2c(-c3ccc(F)cc3)c(=O)n3n2CC2(C3)OCCO2)n1.CSc1nccc(-c2c(-c3ccc(F)cc3)c(=O)n3n2CC2(C3)OCCO2)n1. The lowest BCUT2D eigenvalue weighted by Crippen LogP contribution is -2.34. The van der Waals surface area contributed by atoms with Crippen LogP contribution in [-0.4, -0.2) is 97.6 Å². The molecule has 4 aromatic heterocycles. The molecule has 0 bridgehead atoms. The Morgan fingerprint density at radius 2 is 1.03 bits per heavy atom. The molecule has 2 fully saturated rings. The molecule has 2 spiro atoms. The Kier molecular flexibility index (Phi) is 9.52. The summed E-state index contributed by atoms with van der Waals surface area (Å²) in [7, 11) is -3.66. The summed E-state index contributed by atoms with van der Waals surface area (Å²) in [5.74, 6) is -2.54. The highest BCUT2D eigenvalue weighted by Gasteiger charge is 2.47. The molecule has 4 aliphatic heterocycles. The number of fused-ring (bicyclic) bond motifs is 2. The van der Waals surface area contributed by atoms with Crippen molar-refractivity contribution >= 4 is 21.6 Å². The lowest BCUT2D eigenvalue weighted by Gasteiger charge is -2.19. The summed E-state index contributed by atoms with van der Waals surface area (Å²) in [4.78, 5) is 43.5. The minimum atomic E-state index is -3.66. The fourth-order valence-corrected chi connectivity index (χ4v) is 8.56. The van der Waals surface area contributed by atoms with Crippen molar-refractivity contribution in [2.45, 2.75) is 48.1 Å². The molecule has 8 heterocycles. The molecule has 16 nitrogen and oxygen atoms in total. The van der Waals surface area contributed by atoms with Crippen molar-refractivity contribution in [1.29, 1.82) is 0 Å². The summed E-state index contributed by atoms with van der Waals surface area (Å²) in [6, 6.07) is 14.8. The fourth-order valence-electron chi connectivity index (χ4n) is 7.69. The Labute approximate surface area is 332 Å². The van der Waals surface area contributed by atoms with Crippen LogP contribution >= 0.6 is 11.8 Å². The summed E-state index contributed by atoms with van der Waals surface area (Å²) >= 11 is 1.42. The maximum Gasteiger partial charge on any atom is 0.275 e. The number of sulfone groups is 1. The maximum atomic E-state index is 13.5. The summed E-state index contributed by atoms with van der Waals surface area (Å²) in [6.07, 6.45) is 5.91. The van der Waals surface area contributed by atoms with Crippen molar-refractivity contribution in [2.24, 2.45) is 0 Å². The molecule has 300 valence electrons. The Morgan fingerprint density at radius 3 is 1.47 bits per heavy atom. The van der Waals surface area contributed by atoms with Crippen molar-refractivity contribution in [1.82, 2.24) is 38.7 Å². The number of nitrogens with zero attached hydrogens (tertiary/aromatic N) is 8. The molecule has 58 heavy (non-hydrogen) atoms. The zero-order valence-corrected chi connectivity index (χ0v) is 32.6. The van der Waals surface area contributed by atoms with Gasteiger partial charge in [-0.2, -0.15) is 0 Å². The smallest absolute Gasteiger partial charge is 0.275 e. The number of thioether (sulfide) groups is 1. The van der Waals surface area contributed by atoms with Gasteiger partial charge in [-0.25, -0.2) is 46.5 Å². The zero-order chi connectivity index (χ0) is 40.4. The Morgan fingerprint density at radius 1 is 0.621 bits per heavy atom. The first-order chi connectivity index (χ1) is 27.9. The van der Waals surface area contributed by atoms with Gasteiger partial charge in [0.05, 0.1) is 86.5 Å². The second-order valence-corrected chi connectivity index (χ2v) is 16.6. The van der Waals surface area contributed by atoms with E-state index < -0.39 is 27.2 Å². The molecule has 0 radical (unpaired) electrons. The van der Waals surface area contributed by atoms with Gasteiger partial charge in [0.2, 0.25) is 26.6 Å². The van der Waals surface area contributed by atoms with Crippen molar-refractivity contribution in [3.8, 4) is 45.0 Å². The Bertz CT molecular complexity index is 2790. The Hall–Kier alpha value is -5.38. The van der Waals surface area contributed by atoms with Crippen LogP contribution in [0.2, 0.25) is 0 Å². The summed E-state index contributed by atoms with van der Waals surface area (Å²) in [6.45, 7) is 2.96. The van der Waals surface area contributed by atoms with E-state index >= 15 is 0 Å². The average Bonchev–Trinajstić information content (AvgIpc) is 4.09. The zero-order valence-electron chi connectivity index (χ0n) is 31.0. The molecule has 0 aliphatic carbocycles. The highest BCUT2D eigenvalue weighted by atomic mass is 32.2. The van der Waals surface area contributed by atoms with Gasteiger partial charge in [-0.15, -0.1) is 0 Å². The number of hydrogen-bond acceptors (Lipinski definition) is 13. The molecule has 2 saturated heterocycles. The van der Waals surface area contributed by atoms with Gasteiger partial charge in [0.15, 0.2) is 5.16 Å². The van der Waals surface area contributed by atoms with Gasteiger partial charge < -0.3 is 18.9 Å². The molecule has 0 amide bonds. The van der Waals surface area contributed by atoms with E-state index in [1.165, 1.54) is 65.1 Å². The molecule has 2 aromatic carbocycles. The van der Waals surface area contributed by atoms with E-state index in [0.717, 1.165) is 6.26 Å². The van der Waals surface area contributed by atoms with Crippen molar-refractivity contribution in [3.05, 3.63) is 105 Å². The maximum absolute atomic E-state index is 13.5. The molecule has 0 atom stereocenters. The predicted octanol–water partition coefficient (Wildman–Crippen LogP) is 3.46. The quantitative estimate of drug-likeness (QED) is 0.176. The lowest BCUT2D eigenvalue weighted by atomic mass is 10.0. The third-order valence-corrected chi connectivity index (χ3v) is 11.6. The summed E-state index contributed by atoms with van der Waals surface area (Å²) in [5.41, 5.74) is 3.35. The van der Waals surface area contributed by atoms with Crippen LogP contribution in [0.4, 0.5) is 8.78 Å². The minimum Gasteiger partial charge on any atom is -0.344 e. The molecule has 0 unspecified atom stereocenters. The number of benzene rings is 2. The van der Waals surface area contributed by atoms with E-state index in [2.05, 4.69) is 19.9 Å². The first-order valence-corrected chi connectivity index (χ1v) is 21.1. The van der Waals surface area contributed by atoms with E-state index in [-0.39, 0.29) is 40.9 Å². The normalized spacial score (nSPS) is 17.4. The lowest BCUT2D eigenvalue weighted by molar-refractivity contribution is -0.158. The second-order valence-electron chi connectivity index (χ2n) is 13.9. The van der Waals surface area contributed by atoms with Gasteiger partial charge in [0.1, 0.15) is 11.6 Å². The second kappa shape index (κ2) is 14.5. The van der Waals surface area contributed by atoms with E-state index in [1.54, 1.807) is 33.8 Å². The van der Waals surface area contributed by atoms with Crippen molar-refractivity contribution in [2.75, 3.05) is 38.9 Å². The monoisotopic (exact) mass is 832 g/mol. The molecule has 0 saturated carbocycles. The van der Waals surface area contributed by atoms with Gasteiger partial charge in [-0.05, 0) is 53.8 Å². The van der Waals surface area contributed by atoms with Crippen molar-refractivity contribution in [3.63, 3.8) is 0 Å². The number of hydrogen-bond donors (Lipinski definition) is 0. The van der Waals surface area contributed by atoms with Gasteiger partial charge in [-0.1, -0.05) is 36.0 Å². The minimum absolute atomic E-state index is 0.179. The fraction of sp³-hybridized carbons (Fsp3) is 0.316. The van der Waals surface area contributed by atoms with E-state index in [9.17, 15) is 26.8 Å². The van der Waals surface area contributed by atoms with Crippen LogP contribution in [0.3, 0.4) is 0 Å². The van der Waals surface area contributed by atoms with Crippen LogP contribution in [-0.2, 0) is 55.0 Å². The summed E-state index contributed by atoms with van der Waals surface area (Å²) in [5, 5.41) is 0.260. The highest BCUT2D eigenvalue weighted by Crippen LogP contribution is 2.38. The van der Waals surface area contributed by atoms with Crippen LogP contribution in [0.5, 0.6) is 0 Å². The summed E-state index contributed by atoms with van der Waals surface area (Å²) < 4.78 is 80.6. The van der Waals surface area contributed by atoms with Gasteiger partial charge in [0.25, 0.3) is 11.1 Å².